The molecule has 2 amide bonds. The van der Waals surface area contributed by atoms with Gasteiger partial charge in [-0.2, -0.15) is 0 Å². The number of carbonyl (C=O) groups excluding carboxylic acids is 2. The lowest BCUT2D eigenvalue weighted by Crippen LogP contribution is -2.50. The molecular formula is C20H23N3O5. The summed E-state index contributed by atoms with van der Waals surface area (Å²) in [6.45, 7) is 3.74. The Kier molecular flexibility index (Phi) is 5.36. The van der Waals surface area contributed by atoms with Gasteiger partial charge >= 0.3 is 0 Å². The number of nitrogens with one attached hydrogen (secondary N) is 1. The van der Waals surface area contributed by atoms with E-state index in [0.29, 0.717) is 58.1 Å². The Labute approximate surface area is 163 Å². The van der Waals surface area contributed by atoms with Crippen molar-refractivity contribution in [3.63, 3.8) is 0 Å². The van der Waals surface area contributed by atoms with Crippen molar-refractivity contribution in [3.8, 4) is 11.5 Å². The molecule has 28 heavy (non-hydrogen) atoms. The summed E-state index contributed by atoms with van der Waals surface area (Å²) in [6.07, 6.45) is 1.88. The molecule has 2 aliphatic heterocycles. The third-order valence-corrected chi connectivity index (χ3v) is 4.86. The Morgan fingerprint density at radius 1 is 0.964 bits per heavy atom. The fourth-order valence-electron chi connectivity index (χ4n) is 3.34. The molecule has 4 rings (SSSR count). The van der Waals surface area contributed by atoms with E-state index in [4.69, 9.17) is 13.9 Å². The lowest BCUT2D eigenvalue weighted by atomic mass is 10.2. The fraction of sp³-hybridized carbons (Fsp3) is 0.400. The molecule has 1 fully saturated rings. The molecule has 2 aliphatic rings. The molecule has 0 saturated carbocycles. The molecule has 8 nitrogen and oxygen atoms in total. The van der Waals surface area contributed by atoms with Crippen LogP contribution < -0.4 is 14.8 Å². The highest BCUT2D eigenvalue weighted by Crippen LogP contribution is 2.32. The standard InChI is InChI=1S/C20H23N3O5/c24-19(5-6-21-15-3-4-16-18(14-15)28-13-12-27-16)22-7-9-23(10-8-22)20(25)17-2-1-11-26-17/h1-4,11,14,21H,5-10,12-13H2. The average molecular weight is 385 g/mol. The molecule has 0 spiro atoms. The number of nitrogens with zero attached hydrogens (tertiary/aromatic N) is 2. The van der Waals surface area contributed by atoms with Gasteiger partial charge < -0.3 is 29.0 Å². The number of piperazine rings is 1. The number of carbonyl (C=O) groups is 2. The van der Waals surface area contributed by atoms with Crippen molar-refractivity contribution in [2.45, 2.75) is 6.42 Å². The number of rotatable bonds is 5. The van der Waals surface area contributed by atoms with Gasteiger partial charge in [-0.3, -0.25) is 9.59 Å². The summed E-state index contributed by atoms with van der Waals surface area (Å²) in [5.41, 5.74) is 0.894. The molecule has 1 N–H and O–H groups in total. The first kappa shape index (κ1) is 18.2. The first-order chi connectivity index (χ1) is 13.7. The molecule has 2 aromatic rings. The summed E-state index contributed by atoms with van der Waals surface area (Å²) in [6, 6.07) is 9.02. The zero-order valence-electron chi connectivity index (χ0n) is 15.6. The monoisotopic (exact) mass is 385 g/mol. The van der Waals surface area contributed by atoms with E-state index in [1.54, 1.807) is 21.9 Å². The Morgan fingerprint density at radius 3 is 2.46 bits per heavy atom. The van der Waals surface area contributed by atoms with E-state index in [0.717, 1.165) is 17.2 Å². The SMILES string of the molecule is O=C(CCNc1ccc2c(c1)OCCO2)N1CCN(C(=O)c2ccco2)CC1. The van der Waals surface area contributed by atoms with Crippen molar-refractivity contribution in [2.24, 2.45) is 0 Å². The van der Waals surface area contributed by atoms with Gasteiger partial charge in [0.25, 0.3) is 5.91 Å². The maximum atomic E-state index is 12.4. The highest BCUT2D eigenvalue weighted by atomic mass is 16.6. The lowest BCUT2D eigenvalue weighted by molar-refractivity contribution is -0.132. The lowest BCUT2D eigenvalue weighted by Gasteiger charge is -2.34. The minimum absolute atomic E-state index is 0.0788. The third kappa shape index (κ3) is 4.05. The van der Waals surface area contributed by atoms with Crippen molar-refractivity contribution in [1.29, 1.82) is 0 Å². The van der Waals surface area contributed by atoms with E-state index < -0.39 is 0 Å². The van der Waals surface area contributed by atoms with Gasteiger partial charge in [0, 0.05) is 50.9 Å². The van der Waals surface area contributed by atoms with E-state index in [-0.39, 0.29) is 11.8 Å². The van der Waals surface area contributed by atoms with Crippen LogP contribution in [-0.4, -0.2) is 67.6 Å². The molecule has 1 aromatic carbocycles. The van der Waals surface area contributed by atoms with Crippen LogP contribution in [0.3, 0.4) is 0 Å². The van der Waals surface area contributed by atoms with Crippen LogP contribution in [0.4, 0.5) is 5.69 Å². The van der Waals surface area contributed by atoms with Gasteiger partial charge in [0.05, 0.1) is 6.26 Å². The zero-order chi connectivity index (χ0) is 19.3. The Morgan fingerprint density at radius 2 is 1.71 bits per heavy atom. The number of furan rings is 1. The minimum atomic E-state index is -0.127. The molecule has 1 aromatic heterocycles. The van der Waals surface area contributed by atoms with Gasteiger partial charge in [-0.25, -0.2) is 0 Å². The summed E-state index contributed by atoms with van der Waals surface area (Å²) in [5, 5.41) is 3.25. The Hall–Kier alpha value is -3.16. The number of benzene rings is 1. The summed E-state index contributed by atoms with van der Waals surface area (Å²) in [7, 11) is 0. The first-order valence-corrected chi connectivity index (χ1v) is 9.45. The molecule has 0 aliphatic carbocycles. The summed E-state index contributed by atoms with van der Waals surface area (Å²) < 4.78 is 16.2. The quantitative estimate of drug-likeness (QED) is 0.846. The van der Waals surface area contributed by atoms with E-state index in [1.165, 1.54) is 6.26 Å². The topological polar surface area (TPSA) is 84.3 Å². The van der Waals surface area contributed by atoms with Crippen LogP contribution in [0.25, 0.3) is 0 Å². The van der Waals surface area contributed by atoms with Crippen LogP contribution in [-0.2, 0) is 4.79 Å². The molecule has 0 radical (unpaired) electrons. The van der Waals surface area contributed by atoms with E-state index in [9.17, 15) is 9.59 Å². The van der Waals surface area contributed by atoms with E-state index in [1.807, 2.05) is 18.2 Å². The van der Waals surface area contributed by atoms with Crippen LogP contribution in [0.1, 0.15) is 17.0 Å². The van der Waals surface area contributed by atoms with E-state index in [2.05, 4.69) is 5.32 Å². The smallest absolute Gasteiger partial charge is 0.289 e. The van der Waals surface area contributed by atoms with Crippen molar-refractivity contribution in [1.82, 2.24) is 9.80 Å². The molecular weight excluding hydrogens is 362 g/mol. The van der Waals surface area contributed by atoms with Crippen LogP contribution in [0.5, 0.6) is 11.5 Å². The zero-order valence-corrected chi connectivity index (χ0v) is 15.6. The Bertz CT molecular complexity index is 828. The maximum Gasteiger partial charge on any atom is 0.289 e. The van der Waals surface area contributed by atoms with Gasteiger partial charge in [0.2, 0.25) is 5.91 Å². The normalized spacial score (nSPS) is 16.0. The molecule has 3 heterocycles. The molecule has 1 saturated heterocycles. The molecule has 148 valence electrons. The summed E-state index contributed by atoms with van der Waals surface area (Å²) in [4.78, 5) is 28.2. The predicted molar refractivity (Wildman–Crippen MR) is 102 cm³/mol. The number of fused-ring (bicyclic) bond motifs is 1. The fourth-order valence-corrected chi connectivity index (χ4v) is 3.34. The van der Waals surface area contributed by atoms with Crippen LogP contribution in [0, 0.1) is 0 Å². The molecule has 0 unspecified atom stereocenters. The van der Waals surface area contributed by atoms with Crippen LogP contribution in [0.15, 0.2) is 41.0 Å². The molecule has 8 heteroatoms. The Balaban J connectivity index is 1.21. The van der Waals surface area contributed by atoms with Gasteiger partial charge in [-0.15, -0.1) is 0 Å². The van der Waals surface area contributed by atoms with Crippen molar-refractivity contribution in [2.75, 3.05) is 51.3 Å². The van der Waals surface area contributed by atoms with E-state index >= 15 is 0 Å². The second kappa shape index (κ2) is 8.24. The molecule has 0 atom stereocenters. The van der Waals surface area contributed by atoms with Crippen molar-refractivity contribution < 1.29 is 23.5 Å². The third-order valence-electron chi connectivity index (χ3n) is 4.86. The maximum absolute atomic E-state index is 12.4. The van der Waals surface area contributed by atoms with Gasteiger partial charge in [0.15, 0.2) is 17.3 Å². The van der Waals surface area contributed by atoms with Gasteiger partial charge in [-0.05, 0) is 24.3 Å². The van der Waals surface area contributed by atoms with Gasteiger partial charge in [-0.1, -0.05) is 0 Å². The molecule has 0 bridgehead atoms. The minimum Gasteiger partial charge on any atom is -0.486 e. The largest absolute Gasteiger partial charge is 0.486 e. The number of hydrogen-bond acceptors (Lipinski definition) is 6. The highest BCUT2D eigenvalue weighted by Gasteiger charge is 2.25. The number of ether oxygens (including phenoxy) is 2. The summed E-state index contributed by atoms with van der Waals surface area (Å²) >= 11 is 0. The van der Waals surface area contributed by atoms with Gasteiger partial charge in [0.1, 0.15) is 13.2 Å². The number of hydrogen-bond donors (Lipinski definition) is 1. The van der Waals surface area contributed by atoms with Crippen LogP contribution in [0.2, 0.25) is 0 Å². The number of amides is 2. The number of anilines is 1. The second-order valence-corrected chi connectivity index (χ2v) is 6.69. The summed E-state index contributed by atoms with van der Waals surface area (Å²) in [5.74, 6) is 1.76. The van der Waals surface area contributed by atoms with Crippen molar-refractivity contribution >= 4 is 17.5 Å². The van der Waals surface area contributed by atoms with Crippen LogP contribution >= 0.6 is 0 Å². The highest BCUT2D eigenvalue weighted by molar-refractivity contribution is 5.91. The average Bonchev–Trinajstić information content (AvgIpc) is 3.28. The second-order valence-electron chi connectivity index (χ2n) is 6.69. The van der Waals surface area contributed by atoms with Crippen molar-refractivity contribution in [3.05, 3.63) is 42.4 Å². The first-order valence-electron chi connectivity index (χ1n) is 9.45. The predicted octanol–water partition coefficient (Wildman–Crippen LogP) is 1.84.